The molecule has 3 fully saturated rings. The Bertz CT molecular complexity index is 675. The van der Waals surface area contributed by atoms with Crippen molar-refractivity contribution in [3.63, 3.8) is 0 Å². The maximum Gasteiger partial charge on any atom is 0.308 e. The number of hydrogen-bond donors (Lipinski definition) is 0. The Morgan fingerprint density at radius 1 is 0.969 bits per heavy atom. The highest BCUT2D eigenvalue weighted by atomic mass is 16.5. The van der Waals surface area contributed by atoms with Crippen LogP contribution >= 0.6 is 0 Å². The van der Waals surface area contributed by atoms with Gasteiger partial charge in [-0.15, -0.1) is 0 Å². The van der Waals surface area contributed by atoms with Gasteiger partial charge in [-0.25, -0.2) is 0 Å². The zero-order chi connectivity index (χ0) is 23.7. The van der Waals surface area contributed by atoms with Crippen molar-refractivity contribution in [3.05, 3.63) is 0 Å². The van der Waals surface area contributed by atoms with Gasteiger partial charge in [0, 0.05) is 0 Å². The normalized spacial score (nSPS) is 39.4. The summed E-state index contributed by atoms with van der Waals surface area (Å²) in [6.07, 6.45) is 8.98. The van der Waals surface area contributed by atoms with E-state index in [0.717, 1.165) is 24.2 Å². The van der Waals surface area contributed by atoms with E-state index in [9.17, 15) is 9.59 Å². The first kappa shape index (κ1) is 25.5. The summed E-state index contributed by atoms with van der Waals surface area (Å²) in [4.78, 5) is 24.5. The Labute approximate surface area is 195 Å². The molecule has 0 unspecified atom stereocenters. The van der Waals surface area contributed by atoms with Crippen LogP contribution in [0.5, 0.6) is 0 Å². The van der Waals surface area contributed by atoms with Crippen molar-refractivity contribution in [3.8, 4) is 0 Å². The summed E-state index contributed by atoms with van der Waals surface area (Å²) in [5, 5.41) is 0. The predicted octanol–water partition coefficient (Wildman–Crippen LogP) is 5.79. The first-order valence-corrected chi connectivity index (χ1v) is 12.9. The summed E-state index contributed by atoms with van der Waals surface area (Å²) < 4.78 is 16.6. The van der Waals surface area contributed by atoms with Gasteiger partial charge in [-0.1, -0.05) is 47.0 Å². The maximum absolute atomic E-state index is 12.3. The van der Waals surface area contributed by atoms with Crippen LogP contribution in [0.2, 0.25) is 0 Å². The van der Waals surface area contributed by atoms with Gasteiger partial charge >= 0.3 is 11.9 Å². The smallest absolute Gasteiger partial charge is 0.308 e. The van der Waals surface area contributed by atoms with Crippen molar-refractivity contribution in [2.45, 2.75) is 104 Å². The van der Waals surface area contributed by atoms with Crippen LogP contribution in [0.3, 0.4) is 0 Å². The molecule has 32 heavy (non-hydrogen) atoms. The zero-order valence-corrected chi connectivity index (χ0v) is 21.4. The van der Waals surface area contributed by atoms with Crippen LogP contribution in [0.1, 0.15) is 92.4 Å². The minimum atomic E-state index is -0.571. The van der Waals surface area contributed by atoms with E-state index in [1.54, 1.807) is 0 Å². The van der Waals surface area contributed by atoms with Crippen LogP contribution in [0.4, 0.5) is 0 Å². The van der Waals surface area contributed by atoms with Crippen molar-refractivity contribution < 1.29 is 23.8 Å². The molecule has 184 valence electrons. The van der Waals surface area contributed by atoms with Gasteiger partial charge in [-0.2, -0.15) is 0 Å². The topological polar surface area (TPSA) is 61.8 Å². The summed E-state index contributed by atoms with van der Waals surface area (Å²) in [6.45, 7) is 11.7. The minimum Gasteiger partial charge on any atom is -0.469 e. The third kappa shape index (κ3) is 4.88. The number of carbonyl (C=O) groups is 2. The van der Waals surface area contributed by atoms with Gasteiger partial charge in [0.2, 0.25) is 0 Å². The molecule has 2 saturated carbocycles. The molecule has 1 saturated heterocycles. The molecule has 0 aromatic carbocycles. The second-order valence-corrected chi connectivity index (χ2v) is 11.8. The lowest BCUT2D eigenvalue weighted by atomic mass is 9.53. The Morgan fingerprint density at radius 2 is 1.66 bits per heavy atom. The highest BCUT2D eigenvalue weighted by Crippen LogP contribution is 2.66. The summed E-state index contributed by atoms with van der Waals surface area (Å²) >= 11 is 0. The van der Waals surface area contributed by atoms with Crippen LogP contribution < -0.4 is 0 Å². The number of rotatable bonds is 9. The van der Waals surface area contributed by atoms with E-state index < -0.39 is 5.60 Å². The quantitative estimate of drug-likeness (QED) is 0.416. The van der Waals surface area contributed by atoms with Crippen molar-refractivity contribution in [2.24, 2.45) is 40.9 Å². The lowest BCUT2D eigenvalue weighted by Crippen LogP contribution is -2.47. The van der Waals surface area contributed by atoms with Gasteiger partial charge in [0.15, 0.2) is 0 Å². The monoisotopic (exact) mass is 450 g/mol. The van der Waals surface area contributed by atoms with Gasteiger partial charge in [0.25, 0.3) is 0 Å². The predicted molar refractivity (Wildman–Crippen MR) is 125 cm³/mol. The molecule has 0 aromatic rings. The second kappa shape index (κ2) is 10.0. The largest absolute Gasteiger partial charge is 0.469 e. The van der Waals surface area contributed by atoms with E-state index in [4.69, 9.17) is 14.2 Å². The number of esters is 2. The molecule has 1 heterocycles. The Balaban J connectivity index is 1.82. The van der Waals surface area contributed by atoms with E-state index in [-0.39, 0.29) is 42.2 Å². The third-order valence-electron chi connectivity index (χ3n) is 9.49. The molecule has 5 heteroatoms. The van der Waals surface area contributed by atoms with Gasteiger partial charge in [0.1, 0.15) is 0 Å². The first-order valence-electron chi connectivity index (χ1n) is 12.9. The van der Waals surface area contributed by atoms with Gasteiger partial charge in [0.05, 0.1) is 38.8 Å². The SMILES string of the molecule is COC(=O)C[C@H]1O[C@@](C)(CC(=O)OC)[C@H]2CC[C@]3(C)[C@@H]([C@H](C)CCCC(C)C)CC[C@H]3[C@H]12. The number of ether oxygens (including phenoxy) is 3. The molecular weight excluding hydrogens is 404 g/mol. The summed E-state index contributed by atoms with van der Waals surface area (Å²) in [6, 6.07) is 0. The Kier molecular flexibility index (Phi) is 8.00. The number of methoxy groups -OCH3 is 2. The molecule has 3 aliphatic rings. The van der Waals surface area contributed by atoms with Gasteiger partial charge in [-0.3, -0.25) is 9.59 Å². The highest BCUT2D eigenvalue weighted by molar-refractivity contribution is 5.71. The number of fused-ring (bicyclic) bond motifs is 3. The van der Waals surface area contributed by atoms with Crippen LogP contribution in [-0.4, -0.2) is 37.9 Å². The fraction of sp³-hybridized carbons (Fsp3) is 0.926. The molecule has 0 spiro atoms. The lowest BCUT2D eigenvalue weighted by molar-refractivity contribution is -0.151. The first-order chi connectivity index (χ1) is 15.1. The number of carbonyl (C=O) groups excluding carboxylic acids is 2. The number of hydrogen-bond acceptors (Lipinski definition) is 5. The van der Waals surface area contributed by atoms with E-state index in [2.05, 4.69) is 34.6 Å². The molecule has 1 aliphatic heterocycles. The average Bonchev–Trinajstić information content (AvgIpc) is 3.21. The van der Waals surface area contributed by atoms with Crippen LogP contribution in [0, 0.1) is 40.9 Å². The molecule has 0 N–H and O–H groups in total. The molecule has 8 atom stereocenters. The van der Waals surface area contributed by atoms with Crippen molar-refractivity contribution >= 4 is 11.9 Å². The molecule has 0 bridgehead atoms. The molecule has 2 aliphatic carbocycles. The summed E-state index contributed by atoms with van der Waals surface area (Å²) in [5.41, 5.74) is -0.286. The van der Waals surface area contributed by atoms with Crippen LogP contribution in [-0.2, 0) is 23.8 Å². The van der Waals surface area contributed by atoms with Crippen molar-refractivity contribution in [2.75, 3.05) is 14.2 Å². The fourth-order valence-corrected chi connectivity index (χ4v) is 7.92. The van der Waals surface area contributed by atoms with Crippen LogP contribution in [0.25, 0.3) is 0 Å². The van der Waals surface area contributed by atoms with Gasteiger partial charge < -0.3 is 14.2 Å². The fourth-order valence-electron chi connectivity index (χ4n) is 7.92. The Morgan fingerprint density at radius 3 is 2.28 bits per heavy atom. The van der Waals surface area contributed by atoms with E-state index in [1.165, 1.54) is 52.7 Å². The van der Waals surface area contributed by atoms with Crippen LogP contribution in [0.15, 0.2) is 0 Å². The standard InChI is InChI=1S/C27H46O5/c1-17(2)9-8-10-18(3)19-11-12-20-25-21(13-14-26(19,20)4)27(5,16-24(29)31-7)32-22(25)15-23(28)30-6/h17-22,25H,8-16H2,1-7H3/t18-,19-,20+,21+,22-,25+,26-,27+/m1/s1. The van der Waals surface area contributed by atoms with E-state index in [0.29, 0.717) is 11.8 Å². The lowest BCUT2D eigenvalue weighted by Gasteiger charge is -2.50. The molecule has 0 amide bonds. The zero-order valence-electron chi connectivity index (χ0n) is 21.4. The van der Waals surface area contributed by atoms with E-state index >= 15 is 0 Å². The maximum atomic E-state index is 12.3. The molecule has 3 rings (SSSR count). The Hall–Kier alpha value is -1.10. The van der Waals surface area contributed by atoms with Crippen molar-refractivity contribution in [1.82, 2.24) is 0 Å². The van der Waals surface area contributed by atoms with E-state index in [1.807, 2.05) is 0 Å². The summed E-state index contributed by atoms with van der Waals surface area (Å²) in [7, 11) is 2.88. The average molecular weight is 451 g/mol. The molecular formula is C27H46O5. The minimum absolute atomic E-state index is 0.179. The molecule has 0 radical (unpaired) electrons. The summed E-state index contributed by atoms with van der Waals surface area (Å²) in [5.74, 6) is 2.88. The highest BCUT2D eigenvalue weighted by Gasteiger charge is 2.64. The second-order valence-electron chi connectivity index (χ2n) is 11.8. The molecule has 0 aromatic heterocycles. The van der Waals surface area contributed by atoms with Gasteiger partial charge in [-0.05, 0) is 73.5 Å². The molecule has 5 nitrogen and oxygen atoms in total. The third-order valence-corrected chi connectivity index (χ3v) is 9.49. The van der Waals surface area contributed by atoms with Crippen molar-refractivity contribution in [1.29, 1.82) is 0 Å².